The van der Waals surface area contributed by atoms with Crippen LogP contribution >= 0.6 is 0 Å². The molecule has 9 nitrogen and oxygen atoms in total. The van der Waals surface area contributed by atoms with Crippen LogP contribution in [0.5, 0.6) is 0 Å². The second-order valence-electron chi connectivity index (χ2n) is 10.6. The number of nitrogens with zero attached hydrogens (tertiary/aromatic N) is 6. The van der Waals surface area contributed by atoms with Crippen molar-refractivity contribution in [2.45, 2.75) is 31.7 Å². The number of nitrogens with one attached hydrogen (secondary N) is 2. The number of anilines is 4. The molecule has 1 atom stereocenters. The molecule has 2 aliphatic rings. The summed E-state index contributed by atoms with van der Waals surface area (Å²) in [5, 5.41) is 18.0. The van der Waals surface area contributed by atoms with E-state index in [1.807, 2.05) is 30.3 Å². The largest absolute Gasteiger partial charge is 0.324 e. The summed E-state index contributed by atoms with van der Waals surface area (Å²) in [6.07, 6.45) is 8.19. The molecule has 0 spiro atoms. The molecule has 1 unspecified atom stereocenters. The molecular weight excluding hydrogens is 508 g/mol. The van der Waals surface area contributed by atoms with Crippen molar-refractivity contribution in [2.75, 3.05) is 36.7 Å². The minimum absolute atomic E-state index is 0.286. The summed E-state index contributed by atoms with van der Waals surface area (Å²) in [4.78, 5) is 16.0. The van der Waals surface area contributed by atoms with Crippen LogP contribution in [-0.2, 0) is 22.7 Å². The number of rotatable bonds is 5. The van der Waals surface area contributed by atoms with Gasteiger partial charge in [0.25, 0.3) is 0 Å². The number of aryl methyl sites for hydroxylation is 1. The van der Waals surface area contributed by atoms with Gasteiger partial charge in [-0.15, -0.1) is 0 Å². The molecule has 0 radical (unpaired) electrons. The minimum atomic E-state index is -2.43. The molecule has 6 rings (SSSR count). The number of fused-ring (bicyclic) bond motifs is 1. The van der Waals surface area contributed by atoms with Crippen molar-refractivity contribution in [3.8, 4) is 6.07 Å². The molecule has 4 aromatic rings. The van der Waals surface area contributed by atoms with Crippen molar-refractivity contribution in [1.82, 2.24) is 19.9 Å². The van der Waals surface area contributed by atoms with Gasteiger partial charge in [-0.1, -0.05) is 24.3 Å². The van der Waals surface area contributed by atoms with Crippen molar-refractivity contribution >= 4 is 49.6 Å². The molecule has 0 saturated heterocycles. The predicted octanol–water partition coefficient (Wildman–Crippen LogP) is 5.61. The van der Waals surface area contributed by atoms with Gasteiger partial charge in [0.15, 0.2) is 11.6 Å². The Bertz CT molecular complexity index is 1760. The summed E-state index contributed by atoms with van der Waals surface area (Å²) >= 11 is 0. The van der Waals surface area contributed by atoms with Crippen molar-refractivity contribution in [2.24, 2.45) is 4.36 Å². The van der Waals surface area contributed by atoms with E-state index < -0.39 is 9.73 Å². The highest BCUT2D eigenvalue weighted by molar-refractivity contribution is 7.92. The maximum Gasteiger partial charge on any atom is 0.229 e. The highest BCUT2D eigenvalue weighted by atomic mass is 32.2. The lowest BCUT2D eigenvalue weighted by Crippen LogP contribution is -2.33. The summed E-state index contributed by atoms with van der Waals surface area (Å²) in [7, 11) is -0.256. The van der Waals surface area contributed by atoms with Crippen LogP contribution in [0, 0.1) is 11.3 Å². The molecule has 1 aliphatic heterocycles. The lowest BCUT2D eigenvalue weighted by atomic mass is 9.77. The highest BCUT2D eigenvalue weighted by Gasteiger charge is 2.29. The number of likely N-dealkylation sites (N-methyl/N-ethyl adjacent to an activating group) is 1. The highest BCUT2D eigenvalue weighted by Crippen LogP contribution is 2.40. The summed E-state index contributed by atoms with van der Waals surface area (Å²) in [6.45, 7) is 2.05. The molecule has 2 N–H and O–H groups in total. The van der Waals surface area contributed by atoms with Gasteiger partial charge in [0.05, 0.1) is 6.20 Å². The van der Waals surface area contributed by atoms with Gasteiger partial charge in [0.2, 0.25) is 5.95 Å². The Kier molecular flexibility index (Phi) is 6.41. The molecule has 10 heteroatoms. The lowest BCUT2D eigenvalue weighted by molar-refractivity contribution is 0.266. The van der Waals surface area contributed by atoms with E-state index in [0.717, 1.165) is 36.0 Å². The first-order valence-corrected chi connectivity index (χ1v) is 15.3. The van der Waals surface area contributed by atoms with Gasteiger partial charge >= 0.3 is 0 Å². The van der Waals surface area contributed by atoms with Gasteiger partial charge < -0.3 is 15.5 Å². The van der Waals surface area contributed by atoms with Crippen LogP contribution in [0.3, 0.4) is 0 Å². The van der Waals surface area contributed by atoms with Crippen LogP contribution in [-0.4, -0.2) is 50.2 Å². The maximum atomic E-state index is 12.5. The third-order valence-corrected chi connectivity index (χ3v) is 7.78. The van der Waals surface area contributed by atoms with Gasteiger partial charge in [-0.3, -0.25) is 0 Å². The van der Waals surface area contributed by atoms with Crippen LogP contribution in [0.25, 0.3) is 10.8 Å². The zero-order valence-electron chi connectivity index (χ0n) is 22.2. The normalized spacial score (nSPS) is 16.8. The molecule has 2 aromatic heterocycles. The van der Waals surface area contributed by atoms with Crippen LogP contribution in [0.4, 0.5) is 29.1 Å². The molecule has 1 aliphatic carbocycles. The van der Waals surface area contributed by atoms with E-state index in [0.29, 0.717) is 29.3 Å². The molecular formula is C29H30N8OS. The zero-order chi connectivity index (χ0) is 27.1. The van der Waals surface area contributed by atoms with Crippen molar-refractivity contribution in [3.63, 3.8) is 0 Å². The van der Waals surface area contributed by atoms with Gasteiger partial charge in [0, 0.05) is 46.4 Å². The average molecular weight is 539 g/mol. The van der Waals surface area contributed by atoms with Gasteiger partial charge in [-0.25, -0.2) is 14.2 Å². The average Bonchev–Trinajstić information content (AvgIpc) is 2.88. The SMILES string of the molecule is CN1Cc2cc(Nc3ncc(C#N)c(Nc4cc5ccccc5c(N=S(C)(C)=O)n4)n3)cc3c2C(CCC3)C1. The number of hydrogen-bond acceptors (Lipinski definition) is 9. The predicted molar refractivity (Wildman–Crippen MR) is 156 cm³/mol. The fraction of sp³-hybridized carbons (Fsp3) is 0.310. The van der Waals surface area contributed by atoms with E-state index in [4.69, 9.17) is 0 Å². The van der Waals surface area contributed by atoms with Crippen molar-refractivity contribution in [3.05, 3.63) is 70.9 Å². The van der Waals surface area contributed by atoms with Crippen LogP contribution in [0.15, 0.2) is 53.0 Å². The van der Waals surface area contributed by atoms with Crippen LogP contribution in [0.2, 0.25) is 0 Å². The Morgan fingerprint density at radius 2 is 1.95 bits per heavy atom. The van der Waals surface area contributed by atoms with Gasteiger partial charge in [0.1, 0.15) is 17.5 Å². The van der Waals surface area contributed by atoms with E-state index in [-0.39, 0.29) is 5.56 Å². The summed E-state index contributed by atoms with van der Waals surface area (Å²) in [6, 6.07) is 16.1. The van der Waals surface area contributed by atoms with Crippen LogP contribution < -0.4 is 10.6 Å². The van der Waals surface area contributed by atoms with E-state index in [1.165, 1.54) is 35.7 Å². The van der Waals surface area contributed by atoms with Gasteiger partial charge in [-0.05, 0) is 72.5 Å². The first kappa shape index (κ1) is 25.2. The van der Waals surface area contributed by atoms with Crippen molar-refractivity contribution < 1.29 is 4.21 Å². The zero-order valence-corrected chi connectivity index (χ0v) is 23.0. The Morgan fingerprint density at radius 1 is 1.13 bits per heavy atom. The third kappa shape index (κ3) is 5.28. The van der Waals surface area contributed by atoms with E-state index in [2.05, 4.69) is 60.1 Å². The fourth-order valence-electron chi connectivity index (χ4n) is 5.70. The number of aromatic nitrogens is 3. The Hall–Kier alpha value is -4.07. The fourth-order valence-corrected chi connectivity index (χ4v) is 6.26. The van der Waals surface area contributed by atoms with E-state index >= 15 is 0 Å². The molecule has 0 fully saturated rings. The summed E-state index contributed by atoms with van der Waals surface area (Å²) in [5.74, 6) is 2.15. The smallest absolute Gasteiger partial charge is 0.229 e. The first-order chi connectivity index (χ1) is 18.8. The van der Waals surface area contributed by atoms with E-state index in [1.54, 1.807) is 12.5 Å². The second kappa shape index (κ2) is 9.91. The van der Waals surface area contributed by atoms with Crippen molar-refractivity contribution in [1.29, 1.82) is 5.26 Å². The monoisotopic (exact) mass is 538 g/mol. The Balaban J connectivity index is 1.35. The summed E-state index contributed by atoms with van der Waals surface area (Å²) in [5.41, 5.74) is 5.53. The standard InChI is InChI=1S/C29H30N8OS/c1-37-16-20-9-6-8-19-11-23(12-21(17-37)26(19)20)32-29-31-15-22(14-30)27(35-29)33-25-13-18-7-4-5-10-24(18)28(34-25)36-39(2,3)38/h4-5,7,10-13,15,20H,6,8-9,16-17H2,1-3H3,(H2,31,32,33,34,35). The Morgan fingerprint density at radius 3 is 2.77 bits per heavy atom. The maximum absolute atomic E-state index is 12.5. The molecule has 0 saturated carbocycles. The number of nitriles is 1. The van der Waals surface area contributed by atoms with E-state index in [9.17, 15) is 9.47 Å². The van der Waals surface area contributed by atoms with Crippen LogP contribution in [0.1, 0.15) is 41.0 Å². The molecule has 39 heavy (non-hydrogen) atoms. The topological polar surface area (TPSA) is 119 Å². The first-order valence-electron chi connectivity index (χ1n) is 13.0. The molecule has 0 amide bonds. The molecule has 2 aromatic carbocycles. The Labute approximate surface area is 228 Å². The molecule has 3 heterocycles. The minimum Gasteiger partial charge on any atom is -0.324 e. The number of benzene rings is 2. The number of hydrogen-bond donors (Lipinski definition) is 2. The second-order valence-corrected chi connectivity index (χ2v) is 13.2. The number of pyridine rings is 1. The molecule has 198 valence electrons. The third-order valence-electron chi connectivity index (χ3n) is 7.17. The lowest BCUT2D eigenvalue weighted by Gasteiger charge is -2.37. The van der Waals surface area contributed by atoms with Gasteiger partial charge in [-0.2, -0.15) is 14.6 Å². The summed E-state index contributed by atoms with van der Waals surface area (Å²) < 4.78 is 16.8. The molecule has 0 bridgehead atoms. The quantitative estimate of drug-likeness (QED) is 0.337.